The Bertz CT molecular complexity index is 1280. The van der Waals surface area contributed by atoms with Gasteiger partial charge >= 0.3 is 0 Å². The highest BCUT2D eigenvalue weighted by molar-refractivity contribution is 5.94. The number of pyridine rings is 1. The number of hydrogen-bond donors (Lipinski definition) is 1. The predicted molar refractivity (Wildman–Crippen MR) is 120 cm³/mol. The third-order valence-electron chi connectivity index (χ3n) is 5.69. The summed E-state index contributed by atoms with van der Waals surface area (Å²) in [6, 6.07) is 16.2. The van der Waals surface area contributed by atoms with E-state index in [2.05, 4.69) is 15.4 Å². The van der Waals surface area contributed by atoms with E-state index in [-0.39, 0.29) is 11.7 Å². The van der Waals surface area contributed by atoms with Gasteiger partial charge in [-0.2, -0.15) is 5.10 Å². The molecule has 0 radical (unpaired) electrons. The number of nitrogens with one attached hydrogen (secondary N) is 1. The Labute approximate surface area is 185 Å². The van der Waals surface area contributed by atoms with Crippen LogP contribution >= 0.6 is 0 Å². The monoisotopic (exact) mass is 430 g/mol. The molecule has 2 aromatic carbocycles. The summed E-state index contributed by atoms with van der Waals surface area (Å²) in [7, 11) is 0. The van der Waals surface area contributed by atoms with E-state index in [1.54, 1.807) is 29.1 Å². The molecule has 0 atom stereocenters. The molecule has 1 aliphatic carbocycles. The van der Waals surface area contributed by atoms with Gasteiger partial charge in [-0.25, -0.2) is 9.07 Å². The molecule has 2 aromatic heterocycles. The van der Waals surface area contributed by atoms with Crippen LogP contribution in [0.1, 0.15) is 34.6 Å². The van der Waals surface area contributed by atoms with Crippen LogP contribution in [-0.4, -0.2) is 33.8 Å². The van der Waals surface area contributed by atoms with Gasteiger partial charge in [0.05, 0.1) is 6.61 Å². The van der Waals surface area contributed by atoms with Crippen molar-refractivity contribution in [3.8, 4) is 11.4 Å². The number of nitrogens with zero attached hydrogens (tertiary/aromatic N) is 3. The van der Waals surface area contributed by atoms with Crippen LogP contribution in [0.25, 0.3) is 16.6 Å². The lowest BCUT2D eigenvalue weighted by molar-refractivity contribution is 0.0945. The zero-order valence-electron chi connectivity index (χ0n) is 17.6. The van der Waals surface area contributed by atoms with E-state index in [0.29, 0.717) is 31.0 Å². The number of halogens is 1. The Kier molecular flexibility index (Phi) is 5.54. The number of para-hydroxylation sites is 2. The van der Waals surface area contributed by atoms with Crippen LogP contribution in [0, 0.1) is 5.82 Å². The molecule has 0 unspecified atom stereocenters. The number of rotatable bonds is 7. The molecule has 7 heteroatoms. The van der Waals surface area contributed by atoms with E-state index in [1.807, 2.05) is 30.3 Å². The number of carbonyl (C=O) groups excluding carboxylic acids is 1. The maximum atomic E-state index is 14.3. The average molecular weight is 430 g/mol. The van der Waals surface area contributed by atoms with E-state index < -0.39 is 0 Å². The molecule has 0 saturated heterocycles. The van der Waals surface area contributed by atoms with Crippen molar-refractivity contribution in [3.63, 3.8) is 0 Å². The molecule has 0 spiro atoms. The molecule has 0 aliphatic heterocycles. The molecule has 1 amide bonds. The first-order chi connectivity index (χ1) is 15.7. The second-order valence-corrected chi connectivity index (χ2v) is 7.78. The Hall–Kier alpha value is -3.74. The van der Waals surface area contributed by atoms with E-state index in [0.717, 1.165) is 47.2 Å². The van der Waals surface area contributed by atoms with Gasteiger partial charge in [-0.1, -0.05) is 30.3 Å². The van der Waals surface area contributed by atoms with Gasteiger partial charge in [-0.15, -0.1) is 0 Å². The van der Waals surface area contributed by atoms with Crippen molar-refractivity contribution in [3.05, 3.63) is 83.6 Å². The van der Waals surface area contributed by atoms with E-state index in [1.165, 1.54) is 6.07 Å². The highest BCUT2D eigenvalue weighted by atomic mass is 19.1. The fourth-order valence-corrected chi connectivity index (χ4v) is 4.18. The predicted octanol–water partition coefficient (Wildman–Crippen LogP) is 4.25. The average Bonchev–Trinajstić information content (AvgIpc) is 3.42. The Morgan fingerprint density at radius 1 is 1.09 bits per heavy atom. The smallest absolute Gasteiger partial charge is 0.272 e. The second kappa shape index (κ2) is 8.78. The van der Waals surface area contributed by atoms with Crippen LogP contribution < -0.4 is 10.1 Å². The number of aromatic nitrogens is 3. The summed E-state index contributed by atoms with van der Waals surface area (Å²) >= 11 is 0. The Morgan fingerprint density at radius 3 is 2.88 bits per heavy atom. The molecule has 1 aliphatic rings. The van der Waals surface area contributed by atoms with Crippen molar-refractivity contribution >= 4 is 16.8 Å². The molecule has 0 bridgehead atoms. The second-order valence-electron chi connectivity index (χ2n) is 7.78. The number of fused-ring (bicyclic) bond motifs is 2. The standard InChI is InChI=1S/C25H23FN4O2/c26-19-10-1-2-11-21(19)30-20-12-4-9-18(20)24(29-30)25(31)28-15-6-16-32-22-13-3-7-17-8-5-14-27-23(17)22/h1-3,5,7-8,10-11,13-14H,4,6,9,12,15-16H2,(H,28,31). The first-order valence-electron chi connectivity index (χ1n) is 10.8. The van der Waals surface area contributed by atoms with Crippen LogP contribution in [0.3, 0.4) is 0 Å². The summed E-state index contributed by atoms with van der Waals surface area (Å²) < 4.78 is 21.8. The lowest BCUT2D eigenvalue weighted by atomic mass is 10.2. The minimum Gasteiger partial charge on any atom is -0.491 e. The number of benzene rings is 2. The van der Waals surface area contributed by atoms with E-state index in [4.69, 9.17) is 4.74 Å². The van der Waals surface area contributed by atoms with E-state index in [9.17, 15) is 9.18 Å². The molecule has 4 aromatic rings. The molecule has 0 fully saturated rings. The maximum absolute atomic E-state index is 14.3. The van der Waals surface area contributed by atoms with Gasteiger partial charge in [-0.3, -0.25) is 9.78 Å². The first kappa shape index (κ1) is 20.2. The molecule has 32 heavy (non-hydrogen) atoms. The van der Waals surface area contributed by atoms with Crippen LogP contribution in [-0.2, 0) is 12.8 Å². The van der Waals surface area contributed by atoms with Gasteiger partial charge in [0.15, 0.2) is 5.69 Å². The third kappa shape index (κ3) is 3.82. The molecule has 2 heterocycles. The lowest BCUT2D eigenvalue weighted by Crippen LogP contribution is -2.27. The van der Waals surface area contributed by atoms with Crippen LogP contribution in [0.15, 0.2) is 60.8 Å². The van der Waals surface area contributed by atoms with Crippen molar-refractivity contribution in [2.45, 2.75) is 25.7 Å². The molecule has 5 rings (SSSR count). The third-order valence-corrected chi connectivity index (χ3v) is 5.69. The van der Waals surface area contributed by atoms with Crippen LogP contribution in [0.5, 0.6) is 5.75 Å². The molecule has 162 valence electrons. The number of amides is 1. The topological polar surface area (TPSA) is 69.0 Å². The summed E-state index contributed by atoms with van der Waals surface area (Å²) in [6.45, 7) is 0.913. The molecular weight excluding hydrogens is 407 g/mol. The summed E-state index contributed by atoms with van der Waals surface area (Å²) in [5, 5.41) is 8.42. The van der Waals surface area contributed by atoms with Gasteiger partial charge in [0.1, 0.15) is 22.8 Å². The Morgan fingerprint density at radius 2 is 1.97 bits per heavy atom. The highest BCUT2D eigenvalue weighted by Crippen LogP contribution is 2.28. The van der Waals surface area contributed by atoms with Gasteiger partial charge in [0.25, 0.3) is 5.91 Å². The van der Waals surface area contributed by atoms with Crippen molar-refractivity contribution in [1.29, 1.82) is 0 Å². The fraction of sp³-hybridized carbons (Fsp3) is 0.240. The van der Waals surface area contributed by atoms with Gasteiger partial charge < -0.3 is 10.1 Å². The van der Waals surface area contributed by atoms with Crippen molar-refractivity contribution < 1.29 is 13.9 Å². The highest BCUT2D eigenvalue weighted by Gasteiger charge is 2.27. The number of hydrogen-bond acceptors (Lipinski definition) is 4. The van der Waals surface area contributed by atoms with Crippen molar-refractivity contribution in [2.24, 2.45) is 0 Å². The zero-order chi connectivity index (χ0) is 21.9. The summed E-state index contributed by atoms with van der Waals surface area (Å²) in [5.41, 5.74) is 3.44. The Balaban J connectivity index is 1.22. The molecular formula is C25H23FN4O2. The summed E-state index contributed by atoms with van der Waals surface area (Å²) in [6.07, 6.45) is 4.90. The zero-order valence-corrected chi connectivity index (χ0v) is 17.6. The largest absolute Gasteiger partial charge is 0.491 e. The minimum absolute atomic E-state index is 0.231. The quantitative estimate of drug-likeness (QED) is 0.445. The van der Waals surface area contributed by atoms with Crippen LogP contribution in [0.2, 0.25) is 0 Å². The fourth-order valence-electron chi connectivity index (χ4n) is 4.18. The van der Waals surface area contributed by atoms with Crippen molar-refractivity contribution in [1.82, 2.24) is 20.1 Å². The molecule has 6 nitrogen and oxygen atoms in total. The normalized spacial score (nSPS) is 12.7. The summed E-state index contributed by atoms with van der Waals surface area (Å²) in [5.74, 6) is 0.151. The minimum atomic E-state index is -0.350. The van der Waals surface area contributed by atoms with Crippen molar-refractivity contribution in [2.75, 3.05) is 13.2 Å². The number of carbonyl (C=O) groups is 1. The first-order valence-corrected chi connectivity index (χ1v) is 10.8. The SMILES string of the molecule is O=C(NCCCOc1cccc2cccnc12)c1nn(-c2ccccc2F)c2c1CCC2. The molecule has 0 saturated carbocycles. The van der Waals surface area contributed by atoms with Gasteiger partial charge in [0, 0.05) is 29.4 Å². The maximum Gasteiger partial charge on any atom is 0.272 e. The summed E-state index contributed by atoms with van der Waals surface area (Å²) in [4.78, 5) is 17.2. The lowest BCUT2D eigenvalue weighted by Gasteiger charge is -2.09. The van der Waals surface area contributed by atoms with Gasteiger partial charge in [0.2, 0.25) is 0 Å². The van der Waals surface area contributed by atoms with Gasteiger partial charge in [-0.05, 0) is 49.9 Å². The molecule has 1 N–H and O–H groups in total. The van der Waals surface area contributed by atoms with E-state index >= 15 is 0 Å². The number of ether oxygens (including phenoxy) is 1. The van der Waals surface area contributed by atoms with Crippen LogP contribution in [0.4, 0.5) is 4.39 Å².